The number of hydrogen-bond donors (Lipinski definition) is 1. The van der Waals surface area contributed by atoms with Gasteiger partial charge in [0.15, 0.2) is 0 Å². The molecule has 0 fully saturated rings. The molecule has 0 bridgehead atoms. The van der Waals surface area contributed by atoms with Crippen molar-refractivity contribution in [1.29, 1.82) is 0 Å². The van der Waals surface area contributed by atoms with Crippen molar-refractivity contribution in [1.82, 2.24) is 0 Å². The van der Waals surface area contributed by atoms with Crippen molar-refractivity contribution < 1.29 is 0 Å². The van der Waals surface area contributed by atoms with Crippen LogP contribution in [0, 0.1) is 0 Å². The number of nitrogens with two attached hydrogens (primary N) is 1. The van der Waals surface area contributed by atoms with Gasteiger partial charge in [-0.05, 0) is 6.08 Å². The summed E-state index contributed by atoms with van der Waals surface area (Å²) in [4.78, 5) is 8.18. The molecule has 0 saturated heterocycles. The fraction of sp³-hybridized carbons (Fsp3) is 0.143. The summed E-state index contributed by atoms with van der Waals surface area (Å²) in [7, 11) is 0. The third-order valence-electron chi connectivity index (χ3n) is 1.50. The van der Waals surface area contributed by atoms with Gasteiger partial charge in [-0.3, -0.25) is 9.98 Å². The zero-order valence-corrected chi connectivity index (χ0v) is 5.41. The summed E-state index contributed by atoms with van der Waals surface area (Å²) < 4.78 is 0. The van der Waals surface area contributed by atoms with Gasteiger partial charge in [-0.1, -0.05) is 0 Å². The average molecular weight is 133 g/mol. The second-order valence-corrected chi connectivity index (χ2v) is 2.29. The lowest BCUT2D eigenvalue weighted by Gasteiger charge is -2.05. The number of aliphatic imine (C=N–C) groups is 2. The molecule has 2 heterocycles. The molecule has 0 spiro atoms. The van der Waals surface area contributed by atoms with Crippen molar-refractivity contribution in [3.05, 3.63) is 24.2 Å². The lowest BCUT2D eigenvalue weighted by atomic mass is 10.1. The maximum absolute atomic E-state index is 5.54. The van der Waals surface area contributed by atoms with Crippen LogP contribution in [0.2, 0.25) is 0 Å². The van der Waals surface area contributed by atoms with E-state index in [1.54, 1.807) is 12.4 Å². The quantitative estimate of drug-likeness (QED) is 0.516. The van der Waals surface area contributed by atoms with E-state index in [2.05, 4.69) is 9.98 Å². The highest BCUT2D eigenvalue weighted by Crippen LogP contribution is 2.10. The van der Waals surface area contributed by atoms with Crippen LogP contribution in [-0.2, 0) is 0 Å². The number of fused-ring (bicyclic) bond motifs is 1. The molecule has 2 N–H and O–H groups in total. The predicted molar refractivity (Wildman–Crippen MR) is 40.9 cm³/mol. The topological polar surface area (TPSA) is 50.7 Å². The molecule has 0 saturated carbocycles. The van der Waals surface area contributed by atoms with E-state index in [1.165, 1.54) is 0 Å². The van der Waals surface area contributed by atoms with Gasteiger partial charge in [0.1, 0.15) is 0 Å². The monoisotopic (exact) mass is 133 g/mol. The molecule has 0 atom stereocenters. The molecule has 2 aliphatic heterocycles. The molecule has 50 valence electrons. The van der Waals surface area contributed by atoms with E-state index >= 15 is 0 Å². The number of rotatable bonds is 0. The normalized spacial score (nSPS) is 21.4. The standard InChI is InChI=1S/C7H7N3/c8-5-3-7-6(10-4-5)1-2-9-7/h1-2,4H,3,8H2. The highest BCUT2D eigenvalue weighted by molar-refractivity contribution is 6.49. The minimum atomic E-state index is 0.742. The van der Waals surface area contributed by atoms with Gasteiger partial charge in [-0.2, -0.15) is 0 Å². The Balaban J connectivity index is 2.42. The first kappa shape index (κ1) is 5.41. The van der Waals surface area contributed by atoms with Crippen molar-refractivity contribution in [2.75, 3.05) is 0 Å². The Morgan fingerprint density at radius 2 is 2.30 bits per heavy atom. The van der Waals surface area contributed by atoms with Crippen LogP contribution < -0.4 is 5.73 Å². The van der Waals surface area contributed by atoms with E-state index in [9.17, 15) is 0 Å². The van der Waals surface area contributed by atoms with Gasteiger partial charge in [0.05, 0.1) is 11.4 Å². The van der Waals surface area contributed by atoms with Gasteiger partial charge < -0.3 is 5.73 Å². The first-order valence-corrected chi connectivity index (χ1v) is 3.12. The second kappa shape index (κ2) is 1.80. The Bertz CT molecular complexity index is 281. The Hall–Kier alpha value is -1.38. The summed E-state index contributed by atoms with van der Waals surface area (Å²) in [6, 6.07) is 0. The first-order valence-electron chi connectivity index (χ1n) is 3.12. The smallest absolute Gasteiger partial charge is 0.0864 e. The van der Waals surface area contributed by atoms with Crippen molar-refractivity contribution in [3.63, 3.8) is 0 Å². The minimum Gasteiger partial charge on any atom is -0.400 e. The van der Waals surface area contributed by atoms with Gasteiger partial charge in [-0.15, -0.1) is 0 Å². The fourth-order valence-corrected chi connectivity index (χ4v) is 1.01. The van der Waals surface area contributed by atoms with E-state index in [0.717, 1.165) is 23.5 Å². The number of nitrogens with zero attached hydrogens (tertiary/aromatic N) is 2. The van der Waals surface area contributed by atoms with Crippen LogP contribution in [0.15, 0.2) is 34.2 Å². The Kier molecular flexibility index (Phi) is 0.974. The van der Waals surface area contributed by atoms with Crippen LogP contribution in [-0.4, -0.2) is 11.4 Å². The van der Waals surface area contributed by atoms with Crippen LogP contribution in [0.3, 0.4) is 0 Å². The summed E-state index contributed by atoms with van der Waals surface area (Å²) in [6.07, 6.45) is 6.06. The molecule has 0 amide bonds. The Morgan fingerprint density at radius 1 is 1.40 bits per heavy atom. The molecule has 3 nitrogen and oxygen atoms in total. The molecule has 10 heavy (non-hydrogen) atoms. The molecule has 0 aromatic rings. The first-order chi connectivity index (χ1) is 4.86. The van der Waals surface area contributed by atoms with E-state index in [4.69, 9.17) is 5.73 Å². The van der Waals surface area contributed by atoms with Gasteiger partial charge in [0.25, 0.3) is 0 Å². The molecule has 0 aliphatic carbocycles. The fourth-order valence-electron chi connectivity index (χ4n) is 1.01. The molecular weight excluding hydrogens is 126 g/mol. The lowest BCUT2D eigenvalue weighted by Crippen LogP contribution is -2.16. The molecule has 0 unspecified atom stereocenters. The zero-order valence-electron chi connectivity index (χ0n) is 5.41. The van der Waals surface area contributed by atoms with Gasteiger partial charge in [-0.25, -0.2) is 0 Å². The number of hydrogen-bond acceptors (Lipinski definition) is 3. The van der Waals surface area contributed by atoms with E-state index in [1.807, 2.05) is 6.08 Å². The van der Waals surface area contributed by atoms with Crippen LogP contribution >= 0.6 is 0 Å². The summed E-state index contributed by atoms with van der Waals surface area (Å²) >= 11 is 0. The van der Waals surface area contributed by atoms with Crippen molar-refractivity contribution in [2.24, 2.45) is 15.7 Å². The third kappa shape index (κ3) is 0.673. The number of allylic oxidation sites excluding steroid dienone is 2. The van der Waals surface area contributed by atoms with Crippen molar-refractivity contribution in [3.8, 4) is 0 Å². The average Bonchev–Trinajstić information content (AvgIpc) is 2.33. The largest absolute Gasteiger partial charge is 0.400 e. The molecule has 2 rings (SSSR count). The van der Waals surface area contributed by atoms with Gasteiger partial charge in [0.2, 0.25) is 0 Å². The summed E-state index contributed by atoms with van der Waals surface area (Å²) in [5.74, 6) is 0. The SMILES string of the molecule is NC1=CN=C2C=CN=C2C1. The molecule has 3 heteroatoms. The van der Waals surface area contributed by atoms with Crippen molar-refractivity contribution in [2.45, 2.75) is 6.42 Å². The summed E-state index contributed by atoms with van der Waals surface area (Å²) in [5.41, 5.74) is 8.26. The predicted octanol–water partition coefficient (Wildman–Crippen LogP) is 0.600. The summed E-state index contributed by atoms with van der Waals surface area (Å²) in [5, 5.41) is 0. The highest BCUT2D eigenvalue weighted by atomic mass is 14.9. The van der Waals surface area contributed by atoms with E-state index in [-0.39, 0.29) is 0 Å². The maximum atomic E-state index is 5.54. The molecular formula is C7H7N3. The minimum absolute atomic E-state index is 0.742. The zero-order chi connectivity index (χ0) is 6.97. The molecule has 0 aromatic heterocycles. The Morgan fingerprint density at radius 3 is 3.20 bits per heavy atom. The van der Waals surface area contributed by atoms with Crippen molar-refractivity contribution >= 4 is 11.4 Å². The third-order valence-corrected chi connectivity index (χ3v) is 1.50. The molecule has 0 radical (unpaired) electrons. The van der Waals surface area contributed by atoms with Crippen LogP contribution in [0.25, 0.3) is 0 Å². The second-order valence-electron chi connectivity index (χ2n) is 2.29. The maximum Gasteiger partial charge on any atom is 0.0864 e. The highest BCUT2D eigenvalue weighted by Gasteiger charge is 2.13. The Labute approximate surface area is 58.7 Å². The molecule has 2 aliphatic rings. The van der Waals surface area contributed by atoms with Gasteiger partial charge in [0, 0.05) is 24.5 Å². The van der Waals surface area contributed by atoms with Crippen LogP contribution in [0.5, 0.6) is 0 Å². The summed E-state index contributed by atoms with van der Waals surface area (Å²) in [6.45, 7) is 0. The van der Waals surface area contributed by atoms with E-state index < -0.39 is 0 Å². The van der Waals surface area contributed by atoms with E-state index in [0.29, 0.717) is 0 Å². The lowest BCUT2D eigenvalue weighted by molar-refractivity contribution is 1.17. The molecule has 0 aromatic carbocycles. The van der Waals surface area contributed by atoms with Crippen LogP contribution in [0.1, 0.15) is 6.42 Å². The van der Waals surface area contributed by atoms with Crippen LogP contribution in [0.4, 0.5) is 0 Å². The van der Waals surface area contributed by atoms with Gasteiger partial charge >= 0.3 is 0 Å².